The molecule has 1 aromatic rings. The molecule has 5 heteroatoms. The first-order chi connectivity index (χ1) is 9.36. The van der Waals surface area contributed by atoms with Crippen LogP contribution in [-0.4, -0.2) is 17.4 Å². The number of rotatable bonds is 3. The molecule has 1 N–H and O–H groups in total. The predicted molar refractivity (Wildman–Crippen MR) is 67.6 cm³/mol. The van der Waals surface area contributed by atoms with E-state index in [4.69, 9.17) is 0 Å². The highest BCUT2D eigenvalue weighted by molar-refractivity contribution is 5.17. The van der Waals surface area contributed by atoms with Gasteiger partial charge in [0.1, 0.15) is 5.82 Å². The molecule has 1 saturated carbocycles. The lowest BCUT2D eigenvalue weighted by atomic mass is 9.78. The van der Waals surface area contributed by atoms with Crippen LogP contribution in [0.2, 0.25) is 0 Å². The first-order valence-electron chi connectivity index (χ1n) is 6.85. The van der Waals surface area contributed by atoms with E-state index in [0.717, 1.165) is 0 Å². The third kappa shape index (κ3) is 3.95. The zero-order chi connectivity index (χ0) is 14.8. The molecule has 0 spiro atoms. The van der Waals surface area contributed by atoms with Crippen LogP contribution in [0.4, 0.5) is 17.6 Å². The molecule has 0 aromatic heterocycles. The fraction of sp³-hybridized carbons (Fsp3) is 0.600. The number of aliphatic hydroxyl groups is 1. The standard InChI is InChI=1S/C15H18F4O/c16-13-3-1-2-10(8-13)9-14(20)11-4-6-12(7-5-11)15(17,18)19/h1-3,8,11-12,14,20H,4-7,9H2. The first-order valence-corrected chi connectivity index (χ1v) is 6.85. The van der Waals surface area contributed by atoms with Crippen LogP contribution < -0.4 is 0 Å². The number of alkyl halides is 3. The summed E-state index contributed by atoms with van der Waals surface area (Å²) in [4.78, 5) is 0. The van der Waals surface area contributed by atoms with Gasteiger partial charge in [-0.25, -0.2) is 4.39 Å². The van der Waals surface area contributed by atoms with Crippen LogP contribution in [0.3, 0.4) is 0 Å². The Hall–Kier alpha value is -1.10. The Labute approximate surface area is 115 Å². The molecule has 1 aliphatic rings. The molecule has 1 aromatic carbocycles. The van der Waals surface area contributed by atoms with Gasteiger partial charge >= 0.3 is 6.18 Å². The molecule has 1 atom stereocenters. The van der Waals surface area contributed by atoms with Gasteiger partial charge in [0.05, 0.1) is 12.0 Å². The third-order valence-electron chi connectivity index (χ3n) is 4.11. The summed E-state index contributed by atoms with van der Waals surface area (Å²) in [6.07, 6.45) is -3.63. The lowest BCUT2D eigenvalue weighted by molar-refractivity contribution is -0.185. The van der Waals surface area contributed by atoms with Crippen LogP contribution in [0.25, 0.3) is 0 Å². The third-order valence-corrected chi connectivity index (χ3v) is 4.11. The van der Waals surface area contributed by atoms with Gasteiger partial charge in [-0.3, -0.25) is 0 Å². The van der Waals surface area contributed by atoms with Gasteiger partial charge in [-0.15, -0.1) is 0 Å². The Balaban J connectivity index is 1.87. The highest BCUT2D eigenvalue weighted by Crippen LogP contribution is 2.40. The van der Waals surface area contributed by atoms with Gasteiger partial charge in [-0.2, -0.15) is 13.2 Å². The van der Waals surface area contributed by atoms with Crippen LogP contribution in [0.5, 0.6) is 0 Å². The van der Waals surface area contributed by atoms with Gasteiger partial charge in [0.15, 0.2) is 0 Å². The SMILES string of the molecule is OC(Cc1cccc(F)c1)C1CCC(C(F)(F)F)CC1. The maximum absolute atomic E-state index is 13.0. The van der Waals surface area contributed by atoms with Gasteiger partial charge in [0, 0.05) is 0 Å². The summed E-state index contributed by atoms with van der Waals surface area (Å²) >= 11 is 0. The summed E-state index contributed by atoms with van der Waals surface area (Å²) < 4.78 is 50.7. The second-order valence-corrected chi connectivity index (χ2v) is 5.55. The molecular weight excluding hydrogens is 272 g/mol. The maximum Gasteiger partial charge on any atom is 0.391 e. The topological polar surface area (TPSA) is 20.2 Å². The molecule has 0 saturated heterocycles. The van der Waals surface area contributed by atoms with E-state index in [2.05, 4.69) is 0 Å². The van der Waals surface area contributed by atoms with Crippen molar-refractivity contribution >= 4 is 0 Å². The molecule has 0 bridgehead atoms. The lowest BCUT2D eigenvalue weighted by Gasteiger charge is -2.32. The van der Waals surface area contributed by atoms with E-state index in [-0.39, 0.29) is 24.6 Å². The summed E-state index contributed by atoms with van der Waals surface area (Å²) in [7, 11) is 0. The predicted octanol–water partition coefficient (Wildman–Crippen LogP) is 4.10. The number of aliphatic hydroxyl groups excluding tert-OH is 1. The Morgan fingerprint density at radius 2 is 1.80 bits per heavy atom. The lowest BCUT2D eigenvalue weighted by Crippen LogP contribution is -2.32. The highest BCUT2D eigenvalue weighted by Gasteiger charge is 2.42. The van der Waals surface area contributed by atoms with Crippen molar-refractivity contribution in [3.8, 4) is 0 Å². The monoisotopic (exact) mass is 290 g/mol. The number of benzene rings is 1. The molecule has 1 nitrogen and oxygen atoms in total. The molecule has 2 rings (SSSR count). The normalized spacial score (nSPS) is 25.4. The second-order valence-electron chi connectivity index (χ2n) is 5.55. The average Bonchev–Trinajstić information content (AvgIpc) is 2.38. The van der Waals surface area contributed by atoms with Gasteiger partial charge in [-0.1, -0.05) is 12.1 Å². The second kappa shape index (κ2) is 6.12. The molecule has 0 radical (unpaired) electrons. The minimum absolute atomic E-state index is 0.0778. The van der Waals surface area contributed by atoms with E-state index in [0.29, 0.717) is 24.8 Å². The minimum Gasteiger partial charge on any atom is -0.392 e. The molecule has 1 unspecified atom stereocenters. The Kier molecular flexibility index (Phi) is 4.68. The van der Waals surface area contributed by atoms with Crippen LogP contribution in [0.15, 0.2) is 24.3 Å². The maximum atomic E-state index is 13.0. The van der Waals surface area contributed by atoms with E-state index >= 15 is 0 Å². The fourth-order valence-corrected chi connectivity index (χ4v) is 2.90. The van der Waals surface area contributed by atoms with E-state index in [1.807, 2.05) is 0 Å². The summed E-state index contributed by atoms with van der Waals surface area (Å²) in [5.74, 6) is -1.73. The molecule has 112 valence electrons. The van der Waals surface area contributed by atoms with E-state index < -0.39 is 18.2 Å². The van der Waals surface area contributed by atoms with Crippen molar-refractivity contribution in [3.63, 3.8) is 0 Å². The van der Waals surface area contributed by atoms with E-state index in [9.17, 15) is 22.7 Å². The van der Waals surface area contributed by atoms with Crippen LogP contribution in [-0.2, 0) is 6.42 Å². The van der Waals surface area contributed by atoms with Crippen LogP contribution in [0, 0.1) is 17.7 Å². The zero-order valence-corrected chi connectivity index (χ0v) is 11.0. The number of hydrogen-bond donors (Lipinski definition) is 1. The van der Waals surface area contributed by atoms with Crippen LogP contribution in [0.1, 0.15) is 31.2 Å². The van der Waals surface area contributed by atoms with Crippen molar-refractivity contribution in [3.05, 3.63) is 35.6 Å². The van der Waals surface area contributed by atoms with Crippen molar-refractivity contribution in [1.82, 2.24) is 0 Å². The molecule has 20 heavy (non-hydrogen) atoms. The largest absolute Gasteiger partial charge is 0.392 e. The molecule has 0 aliphatic heterocycles. The zero-order valence-electron chi connectivity index (χ0n) is 11.0. The van der Waals surface area contributed by atoms with Crippen molar-refractivity contribution in [2.75, 3.05) is 0 Å². The Morgan fingerprint density at radius 3 is 2.35 bits per heavy atom. The average molecular weight is 290 g/mol. The highest BCUT2D eigenvalue weighted by atomic mass is 19.4. The van der Waals surface area contributed by atoms with Crippen molar-refractivity contribution in [1.29, 1.82) is 0 Å². The minimum atomic E-state index is -4.13. The van der Waals surface area contributed by atoms with Gasteiger partial charge in [-0.05, 0) is 55.7 Å². The van der Waals surface area contributed by atoms with Gasteiger partial charge in [0.25, 0.3) is 0 Å². The van der Waals surface area contributed by atoms with Crippen molar-refractivity contribution < 1.29 is 22.7 Å². The van der Waals surface area contributed by atoms with E-state index in [1.165, 1.54) is 12.1 Å². The number of hydrogen-bond acceptors (Lipinski definition) is 1. The quantitative estimate of drug-likeness (QED) is 0.831. The van der Waals surface area contributed by atoms with Crippen molar-refractivity contribution in [2.45, 2.75) is 44.4 Å². The molecule has 0 heterocycles. The van der Waals surface area contributed by atoms with Gasteiger partial charge in [0.2, 0.25) is 0 Å². The summed E-state index contributed by atoms with van der Waals surface area (Å²) in [6, 6.07) is 5.96. The Bertz CT molecular complexity index is 436. The van der Waals surface area contributed by atoms with Crippen LogP contribution >= 0.6 is 0 Å². The Morgan fingerprint density at radius 1 is 1.15 bits per heavy atom. The first kappa shape index (κ1) is 15.3. The molecule has 1 fully saturated rings. The summed E-state index contributed by atoms with van der Waals surface area (Å²) in [5, 5.41) is 10.1. The summed E-state index contributed by atoms with van der Waals surface area (Å²) in [6.45, 7) is 0. The smallest absolute Gasteiger partial charge is 0.391 e. The number of halogens is 4. The fourth-order valence-electron chi connectivity index (χ4n) is 2.90. The van der Waals surface area contributed by atoms with E-state index in [1.54, 1.807) is 12.1 Å². The van der Waals surface area contributed by atoms with Gasteiger partial charge < -0.3 is 5.11 Å². The summed E-state index contributed by atoms with van der Waals surface area (Å²) in [5.41, 5.74) is 0.676. The van der Waals surface area contributed by atoms with Crippen molar-refractivity contribution in [2.24, 2.45) is 11.8 Å². The molecular formula is C15H18F4O. The molecule has 1 aliphatic carbocycles. The molecule has 0 amide bonds.